The highest BCUT2D eigenvalue weighted by Crippen LogP contribution is 2.34. The average Bonchev–Trinajstić information content (AvgIpc) is 3.09. The average molecular weight is 324 g/mol. The van der Waals surface area contributed by atoms with E-state index < -0.39 is 11.5 Å². The summed E-state index contributed by atoms with van der Waals surface area (Å²) in [5, 5.41) is 22.4. The van der Waals surface area contributed by atoms with Crippen LogP contribution in [0.4, 0.5) is 5.13 Å². The fourth-order valence-corrected chi connectivity index (χ4v) is 3.48. The van der Waals surface area contributed by atoms with Gasteiger partial charge in [-0.15, -0.1) is 10.2 Å². The highest BCUT2D eigenvalue weighted by atomic mass is 35.5. The van der Waals surface area contributed by atoms with Crippen LogP contribution in [0.1, 0.15) is 25.7 Å². The Morgan fingerprint density at radius 3 is 2.71 bits per heavy atom. The maximum atomic E-state index is 12.1. The van der Waals surface area contributed by atoms with E-state index in [4.69, 9.17) is 11.6 Å². The van der Waals surface area contributed by atoms with Crippen LogP contribution in [-0.4, -0.2) is 26.8 Å². The molecule has 1 aromatic carbocycles. The number of aromatic nitrogens is 2. The maximum Gasteiger partial charge on any atom is 0.258 e. The monoisotopic (exact) mass is 323 g/mol. The van der Waals surface area contributed by atoms with Crippen molar-refractivity contribution < 1.29 is 9.90 Å². The fraction of sp³-hybridized carbons (Fsp3) is 0.357. The third-order valence-electron chi connectivity index (χ3n) is 3.60. The van der Waals surface area contributed by atoms with Gasteiger partial charge in [-0.2, -0.15) is 0 Å². The van der Waals surface area contributed by atoms with E-state index in [1.807, 2.05) is 18.2 Å². The molecule has 0 saturated heterocycles. The number of benzene rings is 1. The number of nitrogens with zero attached hydrogens (tertiary/aromatic N) is 2. The number of nitrogens with one attached hydrogen (secondary N) is 1. The highest BCUT2D eigenvalue weighted by molar-refractivity contribution is 7.18. The molecule has 110 valence electrons. The van der Waals surface area contributed by atoms with Gasteiger partial charge < -0.3 is 5.11 Å². The lowest BCUT2D eigenvalue weighted by Crippen LogP contribution is -2.40. The number of aliphatic hydroxyl groups is 1. The molecule has 1 amide bonds. The van der Waals surface area contributed by atoms with Crippen molar-refractivity contribution in [2.45, 2.75) is 31.3 Å². The standard InChI is InChI=1S/C14H14ClN3O2S/c15-10-6-2-1-5-9(10)11-17-18-13(21-11)16-12(19)14(20)7-3-4-8-14/h1-2,5-6,20H,3-4,7-8H2,(H,16,18,19). The quantitative estimate of drug-likeness (QED) is 0.910. The van der Waals surface area contributed by atoms with Crippen LogP contribution in [0.5, 0.6) is 0 Å². The fourth-order valence-electron chi connectivity index (χ4n) is 2.42. The normalized spacial score (nSPS) is 16.9. The minimum Gasteiger partial charge on any atom is -0.380 e. The Bertz CT molecular complexity index is 668. The second kappa shape index (κ2) is 5.71. The van der Waals surface area contributed by atoms with Crippen molar-refractivity contribution in [3.8, 4) is 10.6 Å². The zero-order valence-corrected chi connectivity index (χ0v) is 12.7. The van der Waals surface area contributed by atoms with E-state index in [-0.39, 0.29) is 0 Å². The van der Waals surface area contributed by atoms with Gasteiger partial charge in [0.2, 0.25) is 5.13 Å². The zero-order valence-electron chi connectivity index (χ0n) is 11.2. The van der Waals surface area contributed by atoms with E-state index in [1.54, 1.807) is 6.07 Å². The van der Waals surface area contributed by atoms with Gasteiger partial charge in [-0.05, 0) is 31.7 Å². The van der Waals surface area contributed by atoms with Crippen molar-refractivity contribution in [2.24, 2.45) is 0 Å². The molecular weight excluding hydrogens is 310 g/mol. The van der Waals surface area contributed by atoms with E-state index in [9.17, 15) is 9.90 Å². The molecule has 1 aromatic heterocycles. The van der Waals surface area contributed by atoms with Crippen LogP contribution in [0.2, 0.25) is 5.02 Å². The number of carbonyl (C=O) groups is 1. The number of halogens is 1. The number of hydrogen-bond acceptors (Lipinski definition) is 5. The summed E-state index contributed by atoms with van der Waals surface area (Å²) < 4.78 is 0. The van der Waals surface area contributed by atoms with Crippen molar-refractivity contribution in [3.63, 3.8) is 0 Å². The second-order valence-corrected chi connectivity index (χ2v) is 6.47. The Balaban J connectivity index is 1.77. The lowest BCUT2D eigenvalue weighted by Gasteiger charge is -2.19. The molecule has 0 radical (unpaired) electrons. The van der Waals surface area contributed by atoms with Gasteiger partial charge in [0.25, 0.3) is 5.91 Å². The Morgan fingerprint density at radius 1 is 1.29 bits per heavy atom. The molecule has 2 N–H and O–H groups in total. The van der Waals surface area contributed by atoms with Crippen LogP contribution in [-0.2, 0) is 4.79 Å². The minimum atomic E-state index is -1.27. The summed E-state index contributed by atoms with van der Waals surface area (Å²) in [5.41, 5.74) is -0.493. The molecule has 21 heavy (non-hydrogen) atoms. The van der Waals surface area contributed by atoms with Crippen LogP contribution < -0.4 is 5.32 Å². The summed E-state index contributed by atoms with van der Waals surface area (Å²) in [6, 6.07) is 7.32. The van der Waals surface area contributed by atoms with Crippen LogP contribution in [0, 0.1) is 0 Å². The molecule has 0 bridgehead atoms. The first-order valence-electron chi connectivity index (χ1n) is 6.71. The van der Waals surface area contributed by atoms with Gasteiger partial charge in [-0.3, -0.25) is 10.1 Å². The van der Waals surface area contributed by atoms with Gasteiger partial charge >= 0.3 is 0 Å². The van der Waals surface area contributed by atoms with Gasteiger partial charge in [-0.25, -0.2) is 0 Å². The molecule has 7 heteroatoms. The predicted octanol–water partition coefficient (Wildman–Crippen LogP) is 3.10. The zero-order chi connectivity index (χ0) is 14.9. The van der Waals surface area contributed by atoms with E-state index in [0.29, 0.717) is 28.0 Å². The Kier molecular flexibility index (Phi) is 3.93. The second-order valence-electron chi connectivity index (χ2n) is 5.09. The Hall–Kier alpha value is -1.50. The lowest BCUT2D eigenvalue weighted by atomic mass is 10.0. The molecule has 5 nitrogen and oxygen atoms in total. The smallest absolute Gasteiger partial charge is 0.258 e. The molecule has 0 aliphatic heterocycles. The summed E-state index contributed by atoms with van der Waals surface area (Å²) in [4.78, 5) is 12.1. The van der Waals surface area contributed by atoms with Crippen molar-refractivity contribution >= 4 is 34.0 Å². The van der Waals surface area contributed by atoms with Crippen LogP contribution >= 0.6 is 22.9 Å². The van der Waals surface area contributed by atoms with Crippen LogP contribution in [0.15, 0.2) is 24.3 Å². The van der Waals surface area contributed by atoms with E-state index in [2.05, 4.69) is 15.5 Å². The Morgan fingerprint density at radius 2 is 2.00 bits per heavy atom. The highest BCUT2D eigenvalue weighted by Gasteiger charge is 2.39. The van der Waals surface area contributed by atoms with E-state index in [1.165, 1.54) is 11.3 Å². The summed E-state index contributed by atoms with van der Waals surface area (Å²) in [6.07, 6.45) is 2.72. The van der Waals surface area contributed by atoms with Crippen molar-refractivity contribution in [1.29, 1.82) is 0 Å². The minimum absolute atomic E-state index is 0.371. The summed E-state index contributed by atoms with van der Waals surface area (Å²) in [7, 11) is 0. The number of carbonyl (C=O) groups excluding carboxylic acids is 1. The third-order valence-corrected chi connectivity index (χ3v) is 4.80. The topological polar surface area (TPSA) is 75.1 Å². The molecule has 1 heterocycles. The van der Waals surface area contributed by atoms with Gasteiger partial charge in [0.15, 0.2) is 5.01 Å². The maximum absolute atomic E-state index is 12.1. The molecule has 1 aliphatic rings. The number of rotatable bonds is 3. The van der Waals surface area contributed by atoms with Gasteiger partial charge in [-0.1, -0.05) is 41.1 Å². The molecule has 1 aliphatic carbocycles. The predicted molar refractivity (Wildman–Crippen MR) is 82.4 cm³/mol. The SMILES string of the molecule is O=C(Nc1nnc(-c2ccccc2Cl)s1)C1(O)CCCC1. The first-order valence-corrected chi connectivity index (χ1v) is 7.90. The van der Waals surface area contributed by atoms with E-state index >= 15 is 0 Å². The number of amides is 1. The van der Waals surface area contributed by atoms with Crippen molar-refractivity contribution in [3.05, 3.63) is 29.3 Å². The van der Waals surface area contributed by atoms with E-state index in [0.717, 1.165) is 18.4 Å². The molecule has 2 aromatic rings. The van der Waals surface area contributed by atoms with Crippen LogP contribution in [0.3, 0.4) is 0 Å². The molecule has 1 saturated carbocycles. The van der Waals surface area contributed by atoms with Gasteiger partial charge in [0.05, 0.1) is 5.02 Å². The van der Waals surface area contributed by atoms with Gasteiger partial charge in [0, 0.05) is 5.56 Å². The summed E-state index contributed by atoms with van der Waals surface area (Å²) in [5.74, 6) is -0.401. The lowest BCUT2D eigenvalue weighted by molar-refractivity contribution is -0.133. The molecule has 1 fully saturated rings. The molecule has 0 unspecified atom stereocenters. The largest absolute Gasteiger partial charge is 0.380 e. The number of anilines is 1. The first kappa shape index (κ1) is 14.4. The molecule has 3 rings (SSSR count). The Labute approximate surface area is 131 Å². The summed E-state index contributed by atoms with van der Waals surface area (Å²) in [6.45, 7) is 0. The third kappa shape index (κ3) is 2.92. The van der Waals surface area contributed by atoms with Gasteiger partial charge in [0.1, 0.15) is 5.60 Å². The van der Waals surface area contributed by atoms with Crippen LogP contribution in [0.25, 0.3) is 10.6 Å². The van der Waals surface area contributed by atoms with Crippen molar-refractivity contribution in [1.82, 2.24) is 10.2 Å². The molecule has 0 spiro atoms. The number of hydrogen-bond donors (Lipinski definition) is 2. The molecule has 0 atom stereocenters. The first-order chi connectivity index (χ1) is 10.1. The van der Waals surface area contributed by atoms with Crippen molar-refractivity contribution in [2.75, 3.05) is 5.32 Å². The molecular formula is C14H14ClN3O2S. The summed E-state index contributed by atoms with van der Waals surface area (Å²) >= 11 is 7.35.